The number of aromatic nitrogens is 2. The Kier molecular flexibility index (Phi) is 5.71. The van der Waals surface area contributed by atoms with Gasteiger partial charge in [0.1, 0.15) is 12.1 Å². The van der Waals surface area contributed by atoms with Crippen molar-refractivity contribution in [2.24, 2.45) is 0 Å². The molecule has 0 atom stereocenters. The minimum absolute atomic E-state index is 0.176. The van der Waals surface area contributed by atoms with E-state index in [1.165, 1.54) is 12.4 Å². The van der Waals surface area contributed by atoms with Crippen LogP contribution in [0.25, 0.3) is 10.9 Å². The van der Waals surface area contributed by atoms with Crippen molar-refractivity contribution >= 4 is 48.4 Å². The summed E-state index contributed by atoms with van der Waals surface area (Å²) in [7, 11) is -3.33. The Bertz CT molecular complexity index is 1100. The number of amides is 1. The number of rotatable bonds is 6. The molecular formula is C18H17BrN4O3S. The number of fused-ring (bicyclic) bond motifs is 1. The molecule has 140 valence electrons. The lowest BCUT2D eigenvalue weighted by atomic mass is 10.2. The molecule has 0 saturated heterocycles. The first-order valence-electron chi connectivity index (χ1n) is 8.07. The van der Waals surface area contributed by atoms with Gasteiger partial charge in [-0.2, -0.15) is 0 Å². The van der Waals surface area contributed by atoms with E-state index in [-0.39, 0.29) is 10.8 Å². The number of carbonyl (C=O) groups excluding carboxylic acids is 1. The highest BCUT2D eigenvalue weighted by molar-refractivity contribution is 9.10. The van der Waals surface area contributed by atoms with Crippen LogP contribution in [0.1, 0.15) is 10.4 Å². The molecule has 0 aliphatic rings. The SMILES string of the molecule is CS(=O)(=O)c1ccc2ncnc(NCCNC(=O)c3cccc(Br)c3)c2c1. The first-order valence-corrected chi connectivity index (χ1v) is 10.8. The molecule has 0 radical (unpaired) electrons. The molecule has 27 heavy (non-hydrogen) atoms. The van der Waals surface area contributed by atoms with Gasteiger partial charge in [0.05, 0.1) is 10.4 Å². The summed E-state index contributed by atoms with van der Waals surface area (Å²) in [6.45, 7) is 0.803. The largest absolute Gasteiger partial charge is 0.368 e. The molecule has 3 rings (SSSR count). The molecule has 2 N–H and O–H groups in total. The summed E-state index contributed by atoms with van der Waals surface area (Å²) in [5.74, 6) is 0.340. The third kappa shape index (κ3) is 4.81. The number of nitrogens with zero attached hydrogens (tertiary/aromatic N) is 2. The Morgan fingerprint density at radius 3 is 2.67 bits per heavy atom. The minimum atomic E-state index is -3.33. The summed E-state index contributed by atoms with van der Waals surface area (Å²) in [6.07, 6.45) is 2.56. The third-order valence-electron chi connectivity index (χ3n) is 3.82. The fraction of sp³-hybridized carbons (Fsp3) is 0.167. The summed E-state index contributed by atoms with van der Waals surface area (Å²) in [5, 5.41) is 6.54. The van der Waals surface area contributed by atoms with Gasteiger partial charge in [-0.05, 0) is 36.4 Å². The molecule has 0 bridgehead atoms. The standard InChI is InChI=1S/C18H17BrN4O3S/c1-27(25,26)14-5-6-16-15(10-14)17(23-11-22-16)20-7-8-21-18(24)12-3-2-4-13(19)9-12/h2-6,9-11H,7-8H2,1H3,(H,21,24)(H,20,22,23). The molecule has 1 aromatic heterocycles. The molecule has 3 aromatic rings. The van der Waals surface area contributed by atoms with Crippen molar-refractivity contribution in [3.63, 3.8) is 0 Å². The molecular weight excluding hydrogens is 432 g/mol. The lowest BCUT2D eigenvalue weighted by Crippen LogP contribution is -2.28. The van der Waals surface area contributed by atoms with Crippen LogP contribution < -0.4 is 10.6 Å². The second-order valence-electron chi connectivity index (χ2n) is 5.87. The van der Waals surface area contributed by atoms with Crippen molar-refractivity contribution < 1.29 is 13.2 Å². The summed E-state index contributed by atoms with van der Waals surface area (Å²) < 4.78 is 24.4. The number of benzene rings is 2. The highest BCUT2D eigenvalue weighted by atomic mass is 79.9. The van der Waals surface area contributed by atoms with Crippen LogP contribution in [0.5, 0.6) is 0 Å². The Morgan fingerprint density at radius 2 is 1.93 bits per heavy atom. The zero-order valence-electron chi connectivity index (χ0n) is 14.4. The monoisotopic (exact) mass is 448 g/mol. The lowest BCUT2D eigenvalue weighted by Gasteiger charge is -2.10. The van der Waals surface area contributed by atoms with Crippen LogP contribution in [0.3, 0.4) is 0 Å². The minimum Gasteiger partial charge on any atom is -0.368 e. The topological polar surface area (TPSA) is 101 Å². The zero-order valence-corrected chi connectivity index (χ0v) is 16.8. The quantitative estimate of drug-likeness (QED) is 0.562. The van der Waals surface area contributed by atoms with Gasteiger partial charge in [0.2, 0.25) is 0 Å². The molecule has 1 heterocycles. The average Bonchev–Trinajstić information content (AvgIpc) is 2.64. The summed E-state index contributed by atoms with van der Waals surface area (Å²) in [6, 6.07) is 11.8. The van der Waals surface area contributed by atoms with Crippen molar-refractivity contribution in [2.75, 3.05) is 24.7 Å². The predicted octanol–water partition coefficient (Wildman–Crippen LogP) is 2.64. The van der Waals surface area contributed by atoms with Gasteiger partial charge in [-0.3, -0.25) is 4.79 Å². The number of hydrogen-bond acceptors (Lipinski definition) is 6. The molecule has 2 aromatic carbocycles. The molecule has 9 heteroatoms. The van der Waals surface area contributed by atoms with E-state index in [0.29, 0.717) is 35.4 Å². The van der Waals surface area contributed by atoms with Crippen LogP contribution in [0, 0.1) is 0 Å². The van der Waals surface area contributed by atoms with Gasteiger partial charge in [0, 0.05) is 34.8 Å². The van der Waals surface area contributed by atoms with E-state index in [4.69, 9.17) is 0 Å². The highest BCUT2D eigenvalue weighted by Gasteiger charge is 2.11. The molecule has 0 unspecified atom stereocenters. The number of sulfone groups is 1. The second-order valence-corrected chi connectivity index (χ2v) is 8.80. The number of halogens is 1. The summed E-state index contributed by atoms with van der Waals surface area (Å²) >= 11 is 3.34. The Hall–Kier alpha value is -2.52. The Balaban J connectivity index is 1.67. The van der Waals surface area contributed by atoms with E-state index in [9.17, 15) is 13.2 Å². The molecule has 0 spiro atoms. The number of anilines is 1. The van der Waals surface area contributed by atoms with Crippen molar-refractivity contribution in [2.45, 2.75) is 4.90 Å². The molecule has 7 nitrogen and oxygen atoms in total. The normalized spacial score (nSPS) is 11.3. The van der Waals surface area contributed by atoms with Crippen LogP contribution >= 0.6 is 15.9 Å². The van der Waals surface area contributed by atoms with Gasteiger partial charge in [-0.25, -0.2) is 18.4 Å². The van der Waals surface area contributed by atoms with E-state index in [0.717, 1.165) is 10.7 Å². The third-order valence-corrected chi connectivity index (χ3v) is 5.43. The maximum absolute atomic E-state index is 12.1. The van der Waals surface area contributed by atoms with Gasteiger partial charge >= 0.3 is 0 Å². The molecule has 0 saturated carbocycles. The van der Waals surface area contributed by atoms with Crippen molar-refractivity contribution in [3.05, 3.63) is 58.8 Å². The van der Waals surface area contributed by atoms with Crippen molar-refractivity contribution in [1.29, 1.82) is 0 Å². The van der Waals surface area contributed by atoms with Crippen LogP contribution in [0.4, 0.5) is 5.82 Å². The van der Waals surface area contributed by atoms with E-state index in [2.05, 4.69) is 36.5 Å². The predicted molar refractivity (Wildman–Crippen MR) is 108 cm³/mol. The van der Waals surface area contributed by atoms with Crippen LogP contribution in [0.2, 0.25) is 0 Å². The van der Waals surface area contributed by atoms with Gasteiger partial charge in [0.25, 0.3) is 5.91 Å². The Labute approximate surface area is 165 Å². The highest BCUT2D eigenvalue weighted by Crippen LogP contribution is 2.22. The number of hydrogen-bond donors (Lipinski definition) is 2. The van der Waals surface area contributed by atoms with Crippen molar-refractivity contribution in [1.82, 2.24) is 15.3 Å². The van der Waals surface area contributed by atoms with Gasteiger partial charge in [-0.15, -0.1) is 0 Å². The zero-order chi connectivity index (χ0) is 19.4. The van der Waals surface area contributed by atoms with Gasteiger partial charge in [-0.1, -0.05) is 22.0 Å². The second kappa shape index (κ2) is 8.01. The van der Waals surface area contributed by atoms with E-state index in [1.807, 2.05) is 6.07 Å². The average molecular weight is 449 g/mol. The van der Waals surface area contributed by atoms with E-state index in [1.54, 1.807) is 30.3 Å². The van der Waals surface area contributed by atoms with Crippen LogP contribution in [-0.4, -0.2) is 43.6 Å². The first-order chi connectivity index (χ1) is 12.8. The number of nitrogens with one attached hydrogen (secondary N) is 2. The molecule has 0 aliphatic heterocycles. The molecule has 0 fully saturated rings. The maximum atomic E-state index is 12.1. The Morgan fingerprint density at radius 1 is 1.11 bits per heavy atom. The molecule has 0 aliphatic carbocycles. The molecule has 1 amide bonds. The first kappa shape index (κ1) is 19.2. The smallest absolute Gasteiger partial charge is 0.251 e. The van der Waals surface area contributed by atoms with Gasteiger partial charge < -0.3 is 10.6 Å². The summed E-state index contributed by atoms with van der Waals surface area (Å²) in [4.78, 5) is 20.7. The fourth-order valence-corrected chi connectivity index (χ4v) is 3.54. The van der Waals surface area contributed by atoms with E-state index >= 15 is 0 Å². The summed E-state index contributed by atoms with van der Waals surface area (Å²) in [5.41, 5.74) is 1.20. The number of carbonyl (C=O) groups is 1. The van der Waals surface area contributed by atoms with Gasteiger partial charge in [0.15, 0.2) is 9.84 Å². The van der Waals surface area contributed by atoms with Crippen LogP contribution in [-0.2, 0) is 9.84 Å². The van der Waals surface area contributed by atoms with Crippen molar-refractivity contribution in [3.8, 4) is 0 Å². The van der Waals surface area contributed by atoms with Crippen LogP contribution in [0.15, 0.2) is 58.2 Å². The fourth-order valence-electron chi connectivity index (χ4n) is 2.50. The van der Waals surface area contributed by atoms with E-state index < -0.39 is 9.84 Å². The maximum Gasteiger partial charge on any atom is 0.251 e. The lowest BCUT2D eigenvalue weighted by molar-refractivity contribution is 0.0955.